The number of benzene rings is 1. The maximum atomic E-state index is 12.2. The minimum Gasteiger partial charge on any atom is -0.481 e. The molecule has 1 rings (SSSR count). The van der Waals surface area contributed by atoms with Gasteiger partial charge in [-0.2, -0.15) is 11.8 Å². The molecule has 0 aliphatic carbocycles. The number of amides is 1. The van der Waals surface area contributed by atoms with E-state index in [2.05, 4.69) is 26.1 Å². The molecule has 0 radical (unpaired) electrons. The van der Waals surface area contributed by atoms with E-state index in [-0.39, 0.29) is 10.7 Å². The number of ether oxygens (including phenoxy) is 1. The summed E-state index contributed by atoms with van der Waals surface area (Å²) in [5.74, 6) is 1.50. The van der Waals surface area contributed by atoms with E-state index < -0.39 is 6.10 Å². The summed E-state index contributed by atoms with van der Waals surface area (Å²) in [7, 11) is 0. The molecule has 0 aliphatic rings. The van der Waals surface area contributed by atoms with Crippen LogP contribution in [-0.4, -0.2) is 29.1 Å². The molecule has 0 fully saturated rings. The number of rotatable bonds is 7. The second-order valence-corrected chi connectivity index (χ2v) is 8.51. The lowest BCUT2D eigenvalue weighted by Gasteiger charge is -2.20. The molecule has 3 nitrogen and oxygen atoms in total. The van der Waals surface area contributed by atoms with Crippen molar-refractivity contribution in [2.75, 3.05) is 12.3 Å². The van der Waals surface area contributed by atoms with Gasteiger partial charge in [0, 0.05) is 22.1 Å². The summed E-state index contributed by atoms with van der Waals surface area (Å²) in [6.07, 6.45) is 0.153. The standard InChI is InChI=1S/C17H26ClNO2S/c1-6-15(16(20)19-9-10-22-17(3,4)5)21-13-7-8-14(18)12(2)11-13/h7-8,11,15H,6,9-10H2,1-5H3,(H,19,20). The summed E-state index contributed by atoms with van der Waals surface area (Å²) in [4.78, 5) is 12.2. The van der Waals surface area contributed by atoms with Crippen LogP contribution in [0.25, 0.3) is 0 Å². The van der Waals surface area contributed by atoms with Crippen molar-refractivity contribution in [1.82, 2.24) is 5.32 Å². The van der Waals surface area contributed by atoms with Crippen molar-refractivity contribution in [2.45, 2.75) is 51.9 Å². The highest BCUT2D eigenvalue weighted by atomic mass is 35.5. The fraction of sp³-hybridized carbons (Fsp3) is 0.588. The molecule has 1 atom stereocenters. The molecule has 1 amide bonds. The maximum absolute atomic E-state index is 12.2. The fourth-order valence-corrected chi connectivity index (χ4v) is 2.76. The Morgan fingerprint density at radius 3 is 2.64 bits per heavy atom. The van der Waals surface area contributed by atoms with Gasteiger partial charge in [-0.3, -0.25) is 4.79 Å². The molecule has 0 bridgehead atoms. The number of thioether (sulfide) groups is 1. The van der Waals surface area contributed by atoms with Gasteiger partial charge in [0.15, 0.2) is 6.10 Å². The topological polar surface area (TPSA) is 38.3 Å². The van der Waals surface area contributed by atoms with Gasteiger partial charge in [0.1, 0.15) is 5.75 Å². The molecule has 124 valence electrons. The Morgan fingerprint density at radius 1 is 1.41 bits per heavy atom. The predicted octanol–water partition coefficient (Wildman–Crippen LogP) is 4.45. The first-order chi connectivity index (χ1) is 10.2. The number of halogens is 1. The van der Waals surface area contributed by atoms with Gasteiger partial charge in [-0.15, -0.1) is 0 Å². The molecular weight excluding hydrogens is 318 g/mol. The molecule has 0 spiro atoms. The predicted molar refractivity (Wildman–Crippen MR) is 96.1 cm³/mol. The number of carbonyl (C=O) groups excluding carboxylic acids is 1. The summed E-state index contributed by atoms with van der Waals surface area (Å²) in [5, 5.41) is 3.64. The Balaban J connectivity index is 2.49. The quantitative estimate of drug-likeness (QED) is 0.743. The van der Waals surface area contributed by atoms with Crippen molar-refractivity contribution in [2.24, 2.45) is 0 Å². The van der Waals surface area contributed by atoms with Crippen LogP contribution in [0.15, 0.2) is 18.2 Å². The summed E-state index contributed by atoms with van der Waals surface area (Å²) in [6.45, 7) is 11.0. The third-order valence-corrected chi connectivity index (χ3v) is 4.71. The van der Waals surface area contributed by atoms with E-state index in [9.17, 15) is 4.79 Å². The highest BCUT2D eigenvalue weighted by Crippen LogP contribution is 2.23. The molecule has 22 heavy (non-hydrogen) atoms. The van der Waals surface area contributed by atoms with E-state index in [1.165, 1.54) is 0 Å². The van der Waals surface area contributed by atoms with Gasteiger partial charge in [-0.1, -0.05) is 39.3 Å². The van der Waals surface area contributed by atoms with E-state index in [1.807, 2.05) is 31.7 Å². The molecule has 0 saturated heterocycles. The van der Waals surface area contributed by atoms with Crippen molar-refractivity contribution in [3.8, 4) is 5.75 Å². The van der Waals surface area contributed by atoms with Crippen LogP contribution in [0.5, 0.6) is 5.75 Å². The van der Waals surface area contributed by atoms with Crippen LogP contribution in [0.1, 0.15) is 39.7 Å². The van der Waals surface area contributed by atoms with E-state index in [0.717, 1.165) is 11.3 Å². The average Bonchev–Trinajstić information content (AvgIpc) is 2.43. The van der Waals surface area contributed by atoms with Crippen molar-refractivity contribution < 1.29 is 9.53 Å². The fourth-order valence-electron chi connectivity index (χ4n) is 1.82. The number of carbonyl (C=O) groups is 1. The average molecular weight is 344 g/mol. The SMILES string of the molecule is CCC(Oc1ccc(Cl)c(C)c1)C(=O)NCCSC(C)(C)C. The molecule has 0 aliphatic heterocycles. The molecule has 1 unspecified atom stereocenters. The molecule has 0 heterocycles. The van der Waals surface area contributed by atoms with Crippen molar-refractivity contribution in [1.29, 1.82) is 0 Å². The monoisotopic (exact) mass is 343 g/mol. The first-order valence-corrected chi connectivity index (χ1v) is 8.93. The second-order valence-electron chi connectivity index (χ2n) is 6.18. The number of aryl methyl sites for hydroxylation is 1. The minimum absolute atomic E-state index is 0.0652. The summed E-state index contributed by atoms with van der Waals surface area (Å²) in [5.41, 5.74) is 0.941. The highest BCUT2D eigenvalue weighted by molar-refractivity contribution is 8.00. The first kappa shape index (κ1) is 19.2. The van der Waals surface area contributed by atoms with Gasteiger partial charge < -0.3 is 10.1 Å². The van der Waals surface area contributed by atoms with E-state index in [0.29, 0.717) is 23.7 Å². The molecular formula is C17H26ClNO2S. The van der Waals surface area contributed by atoms with Gasteiger partial charge in [-0.05, 0) is 37.1 Å². The molecule has 1 aromatic carbocycles. The van der Waals surface area contributed by atoms with Crippen LogP contribution >= 0.6 is 23.4 Å². The van der Waals surface area contributed by atoms with Crippen LogP contribution in [0.4, 0.5) is 0 Å². The molecule has 5 heteroatoms. The smallest absolute Gasteiger partial charge is 0.261 e. The first-order valence-electron chi connectivity index (χ1n) is 7.57. The largest absolute Gasteiger partial charge is 0.481 e. The molecule has 1 N–H and O–H groups in total. The summed E-state index contributed by atoms with van der Waals surface area (Å²) in [6, 6.07) is 5.44. The number of nitrogens with one attached hydrogen (secondary N) is 1. The van der Waals surface area contributed by atoms with Gasteiger partial charge in [-0.25, -0.2) is 0 Å². The summed E-state index contributed by atoms with van der Waals surface area (Å²) >= 11 is 7.83. The van der Waals surface area contributed by atoms with Crippen LogP contribution in [0.2, 0.25) is 5.02 Å². The summed E-state index contributed by atoms with van der Waals surface area (Å²) < 4.78 is 6.00. The number of hydrogen-bond acceptors (Lipinski definition) is 3. The Labute approximate surface area is 143 Å². The Morgan fingerprint density at radius 2 is 2.09 bits per heavy atom. The lowest BCUT2D eigenvalue weighted by Crippen LogP contribution is -2.39. The Kier molecular flexibility index (Phi) is 7.57. The van der Waals surface area contributed by atoms with Crippen molar-refractivity contribution >= 4 is 29.3 Å². The van der Waals surface area contributed by atoms with Crippen molar-refractivity contribution in [3.05, 3.63) is 28.8 Å². The van der Waals surface area contributed by atoms with E-state index >= 15 is 0 Å². The lowest BCUT2D eigenvalue weighted by atomic mass is 10.2. The third-order valence-electron chi connectivity index (χ3n) is 3.01. The lowest BCUT2D eigenvalue weighted by molar-refractivity contribution is -0.127. The highest BCUT2D eigenvalue weighted by Gasteiger charge is 2.18. The van der Waals surface area contributed by atoms with Gasteiger partial charge in [0.25, 0.3) is 5.91 Å². The molecule has 1 aromatic rings. The Bertz CT molecular complexity index is 500. The van der Waals surface area contributed by atoms with Crippen LogP contribution in [0, 0.1) is 6.92 Å². The zero-order valence-corrected chi connectivity index (χ0v) is 15.6. The van der Waals surface area contributed by atoms with Gasteiger partial charge >= 0.3 is 0 Å². The molecule has 0 saturated carbocycles. The van der Waals surface area contributed by atoms with Crippen LogP contribution in [0.3, 0.4) is 0 Å². The van der Waals surface area contributed by atoms with Gasteiger partial charge in [0.05, 0.1) is 0 Å². The van der Waals surface area contributed by atoms with E-state index in [1.54, 1.807) is 12.1 Å². The van der Waals surface area contributed by atoms with Crippen LogP contribution < -0.4 is 10.1 Å². The zero-order valence-electron chi connectivity index (χ0n) is 14.0. The zero-order chi connectivity index (χ0) is 16.8. The van der Waals surface area contributed by atoms with Gasteiger partial charge in [0.2, 0.25) is 0 Å². The van der Waals surface area contributed by atoms with E-state index in [4.69, 9.17) is 16.3 Å². The minimum atomic E-state index is -0.472. The Hall–Kier alpha value is -0.870. The molecule has 0 aromatic heterocycles. The maximum Gasteiger partial charge on any atom is 0.261 e. The second kappa shape index (κ2) is 8.68. The normalized spacial score (nSPS) is 12.8. The van der Waals surface area contributed by atoms with Crippen molar-refractivity contribution in [3.63, 3.8) is 0 Å². The van der Waals surface area contributed by atoms with Crippen LogP contribution in [-0.2, 0) is 4.79 Å². The number of hydrogen-bond donors (Lipinski definition) is 1. The third kappa shape index (κ3) is 6.93.